The van der Waals surface area contributed by atoms with E-state index < -0.39 is 10.0 Å². The van der Waals surface area contributed by atoms with E-state index in [1.54, 1.807) is 54.6 Å². The second-order valence-electron chi connectivity index (χ2n) is 7.72. The molecule has 6 nitrogen and oxygen atoms in total. The zero-order valence-electron chi connectivity index (χ0n) is 15.7. The molecule has 0 atom stereocenters. The molecule has 2 heterocycles. The van der Waals surface area contributed by atoms with Crippen molar-refractivity contribution in [2.75, 3.05) is 30.9 Å². The third-order valence-corrected chi connectivity index (χ3v) is 7.26. The Kier molecular flexibility index (Phi) is 5.12. The maximum atomic E-state index is 12.9. The fraction of sp³-hybridized carbons (Fsp3) is 0.381. The first-order valence-electron chi connectivity index (χ1n) is 9.66. The number of sulfonamides is 1. The van der Waals surface area contributed by atoms with E-state index in [4.69, 9.17) is 0 Å². The molecule has 2 aliphatic heterocycles. The molecule has 0 bridgehead atoms. The summed E-state index contributed by atoms with van der Waals surface area (Å²) in [5.41, 5.74) is 1.25. The third-order valence-electron chi connectivity index (χ3n) is 5.86. The molecule has 0 unspecified atom stereocenters. The van der Waals surface area contributed by atoms with Crippen molar-refractivity contribution in [3.8, 4) is 0 Å². The van der Waals surface area contributed by atoms with Gasteiger partial charge in [0.15, 0.2) is 0 Å². The van der Waals surface area contributed by atoms with Gasteiger partial charge >= 0.3 is 0 Å². The lowest BCUT2D eigenvalue weighted by Gasteiger charge is -2.39. The molecule has 2 aliphatic rings. The second-order valence-corrected chi connectivity index (χ2v) is 9.40. The van der Waals surface area contributed by atoms with Crippen molar-refractivity contribution >= 4 is 21.6 Å². The summed E-state index contributed by atoms with van der Waals surface area (Å²) in [6, 6.07) is 14.9. The molecule has 4 rings (SSSR count). The van der Waals surface area contributed by atoms with Crippen LogP contribution < -0.4 is 10.0 Å². The highest BCUT2D eigenvalue weighted by Crippen LogP contribution is 2.37. The Balaban J connectivity index is 1.46. The summed E-state index contributed by atoms with van der Waals surface area (Å²) in [7, 11) is -3.68. The highest BCUT2D eigenvalue weighted by Gasteiger charge is 2.38. The van der Waals surface area contributed by atoms with Crippen molar-refractivity contribution in [2.45, 2.75) is 24.2 Å². The van der Waals surface area contributed by atoms with Crippen LogP contribution >= 0.6 is 0 Å². The minimum absolute atomic E-state index is 0.0402. The van der Waals surface area contributed by atoms with Crippen LogP contribution in [0.4, 0.5) is 5.69 Å². The molecule has 0 radical (unpaired) electrons. The van der Waals surface area contributed by atoms with Crippen molar-refractivity contribution < 1.29 is 13.2 Å². The molecule has 2 saturated heterocycles. The first kappa shape index (κ1) is 19.0. The molecular formula is C21H25N3O3S. The number of nitrogens with zero attached hydrogens (tertiary/aromatic N) is 1. The summed E-state index contributed by atoms with van der Waals surface area (Å²) >= 11 is 0. The third kappa shape index (κ3) is 3.91. The smallest absolute Gasteiger partial charge is 0.261 e. The minimum Gasteiger partial charge on any atom is -0.339 e. The average Bonchev–Trinajstić information content (AvgIpc) is 3.16. The van der Waals surface area contributed by atoms with Gasteiger partial charge in [0.05, 0.1) is 4.90 Å². The number of nitrogens with one attached hydrogen (secondary N) is 2. The molecule has 2 N–H and O–H groups in total. The summed E-state index contributed by atoms with van der Waals surface area (Å²) in [5, 5.41) is 3.43. The largest absolute Gasteiger partial charge is 0.339 e. The van der Waals surface area contributed by atoms with E-state index in [2.05, 4.69) is 10.0 Å². The average molecular weight is 400 g/mol. The van der Waals surface area contributed by atoms with Gasteiger partial charge in [0.25, 0.3) is 15.9 Å². The van der Waals surface area contributed by atoms with E-state index in [9.17, 15) is 13.2 Å². The quantitative estimate of drug-likeness (QED) is 0.829. The van der Waals surface area contributed by atoms with Crippen LogP contribution in [0.15, 0.2) is 59.5 Å². The van der Waals surface area contributed by atoms with Gasteiger partial charge in [-0.25, -0.2) is 8.42 Å². The van der Waals surface area contributed by atoms with Gasteiger partial charge in [-0.15, -0.1) is 0 Å². The highest BCUT2D eigenvalue weighted by atomic mass is 32.2. The molecular weight excluding hydrogens is 374 g/mol. The number of hydrogen-bond donors (Lipinski definition) is 2. The van der Waals surface area contributed by atoms with Crippen molar-refractivity contribution in [3.05, 3.63) is 60.2 Å². The Hall–Kier alpha value is -2.38. The highest BCUT2D eigenvalue weighted by molar-refractivity contribution is 7.92. The van der Waals surface area contributed by atoms with E-state index in [1.165, 1.54) is 6.42 Å². The number of likely N-dealkylation sites (tertiary alicyclic amines) is 1. The monoisotopic (exact) mass is 399 g/mol. The zero-order valence-corrected chi connectivity index (χ0v) is 16.5. The lowest BCUT2D eigenvalue weighted by atomic mass is 9.78. The lowest BCUT2D eigenvalue weighted by Crippen LogP contribution is -2.44. The van der Waals surface area contributed by atoms with Crippen LogP contribution in [0, 0.1) is 5.41 Å². The summed E-state index contributed by atoms with van der Waals surface area (Å²) in [5.74, 6) is -0.0402. The van der Waals surface area contributed by atoms with Gasteiger partial charge in [0, 0.05) is 30.9 Å². The van der Waals surface area contributed by atoms with Crippen molar-refractivity contribution in [3.63, 3.8) is 0 Å². The van der Waals surface area contributed by atoms with E-state index in [-0.39, 0.29) is 10.8 Å². The number of carbonyl (C=O) groups is 1. The Morgan fingerprint density at radius 3 is 2.43 bits per heavy atom. The number of carbonyl (C=O) groups excluding carboxylic acids is 1. The van der Waals surface area contributed by atoms with Gasteiger partial charge in [-0.3, -0.25) is 9.52 Å². The maximum absolute atomic E-state index is 12.9. The molecule has 2 aromatic carbocycles. The number of piperidine rings is 1. The van der Waals surface area contributed by atoms with Crippen molar-refractivity contribution in [2.24, 2.45) is 5.41 Å². The summed E-state index contributed by atoms with van der Waals surface area (Å²) in [6.07, 6.45) is 3.23. The number of rotatable bonds is 4. The number of anilines is 1. The lowest BCUT2D eigenvalue weighted by molar-refractivity contribution is 0.0607. The molecule has 1 spiro atoms. The Morgan fingerprint density at radius 1 is 1.00 bits per heavy atom. The van der Waals surface area contributed by atoms with Crippen LogP contribution in [0.25, 0.3) is 0 Å². The Bertz CT molecular complexity index is 944. The van der Waals surface area contributed by atoms with Gasteiger partial charge in [-0.1, -0.05) is 24.3 Å². The zero-order chi connectivity index (χ0) is 19.6. The van der Waals surface area contributed by atoms with E-state index in [0.717, 1.165) is 39.0 Å². The summed E-state index contributed by atoms with van der Waals surface area (Å²) in [6.45, 7) is 3.62. The van der Waals surface area contributed by atoms with Gasteiger partial charge in [-0.2, -0.15) is 0 Å². The fourth-order valence-electron chi connectivity index (χ4n) is 4.12. The SMILES string of the molecule is O=C(c1cccc(NS(=O)(=O)c2ccccc2)c1)N1CCC2(CCNC2)CC1. The number of benzene rings is 2. The van der Waals surface area contributed by atoms with Crippen LogP contribution in [-0.2, 0) is 10.0 Å². The van der Waals surface area contributed by atoms with Gasteiger partial charge in [-0.05, 0) is 61.6 Å². The van der Waals surface area contributed by atoms with Gasteiger partial charge in [0.2, 0.25) is 0 Å². The predicted molar refractivity (Wildman–Crippen MR) is 109 cm³/mol. The molecule has 1 amide bonds. The normalized spacial score (nSPS) is 18.9. The standard InChI is InChI=1S/C21H25N3O3S/c25-20(24-13-10-21(11-14-24)9-12-22-16-21)17-5-4-6-18(15-17)23-28(26,27)19-7-2-1-3-8-19/h1-8,15,22-23H,9-14,16H2. The maximum Gasteiger partial charge on any atom is 0.261 e. The summed E-state index contributed by atoms with van der Waals surface area (Å²) in [4.78, 5) is 15.0. The van der Waals surface area contributed by atoms with E-state index >= 15 is 0 Å². The summed E-state index contributed by atoms with van der Waals surface area (Å²) < 4.78 is 27.6. The van der Waals surface area contributed by atoms with E-state index in [1.807, 2.05) is 4.90 Å². The topological polar surface area (TPSA) is 78.5 Å². The molecule has 2 fully saturated rings. The Morgan fingerprint density at radius 2 is 1.75 bits per heavy atom. The molecule has 0 aliphatic carbocycles. The first-order valence-corrected chi connectivity index (χ1v) is 11.1. The van der Waals surface area contributed by atoms with Crippen molar-refractivity contribution in [1.82, 2.24) is 10.2 Å². The first-order chi connectivity index (χ1) is 13.5. The fourth-order valence-corrected chi connectivity index (χ4v) is 5.19. The molecule has 7 heteroatoms. The molecule has 2 aromatic rings. The minimum atomic E-state index is -3.68. The number of amides is 1. The molecule has 0 aromatic heterocycles. The van der Waals surface area contributed by atoms with Gasteiger partial charge < -0.3 is 10.2 Å². The van der Waals surface area contributed by atoms with Crippen molar-refractivity contribution in [1.29, 1.82) is 0 Å². The molecule has 148 valence electrons. The number of hydrogen-bond acceptors (Lipinski definition) is 4. The molecule has 28 heavy (non-hydrogen) atoms. The van der Waals surface area contributed by atoms with Crippen LogP contribution in [0.2, 0.25) is 0 Å². The van der Waals surface area contributed by atoms with Crippen LogP contribution in [0.3, 0.4) is 0 Å². The Labute approximate surface area is 166 Å². The van der Waals surface area contributed by atoms with Crippen LogP contribution in [-0.4, -0.2) is 45.4 Å². The van der Waals surface area contributed by atoms with Crippen LogP contribution in [0.5, 0.6) is 0 Å². The second kappa shape index (κ2) is 7.56. The van der Waals surface area contributed by atoms with E-state index in [0.29, 0.717) is 16.7 Å². The van der Waals surface area contributed by atoms with Gasteiger partial charge in [0.1, 0.15) is 0 Å². The predicted octanol–water partition coefficient (Wildman–Crippen LogP) is 2.70. The van der Waals surface area contributed by atoms with Crippen LogP contribution in [0.1, 0.15) is 29.6 Å². The molecule has 0 saturated carbocycles.